The van der Waals surface area contributed by atoms with E-state index < -0.39 is 27.3 Å². The number of aryl methyl sites for hydroxylation is 1. The van der Waals surface area contributed by atoms with Gasteiger partial charge in [0, 0.05) is 29.1 Å². The number of rotatable bonds is 1. The second-order valence-corrected chi connectivity index (χ2v) is 16.3. The standard InChI is InChI=1S/C34H45ClN2O5S/c1-21-6-4-8-28(22(2)38)29-12-9-26(29)18-37-19-34(15-5-7-24-16-27(35)11-13-30(24)34)20-42-32-14-10-25(17-31(32)37)33(39)36-43(40,41)23(21)3/h10-11,13-14,16-17,21-23,26,28-29,38H,4-9,12,15,18-20H2,1-3H3,(H,36,39)/t21-,22?,23+,26-,28?,29+,34-/m0/s1. The Morgan fingerprint density at radius 2 is 1.91 bits per heavy atom. The monoisotopic (exact) mass is 628 g/mol. The van der Waals surface area contributed by atoms with Crippen molar-refractivity contribution in [3.8, 4) is 5.75 Å². The Labute approximate surface area is 261 Å². The van der Waals surface area contributed by atoms with Crippen LogP contribution < -0.4 is 14.4 Å². The lowest BCUT2D eigenvalue weighted by Gasteiger charge is -2.47. The summed E-state index contributed by atoms with van der Waals surface area (Å²) in [5.41, 5.74) is 3.45. The summed E-state index contributed by atoms with van der Waals surface area (Å²) in [6.07, 6.45) is 7.22. The first-order chi connectivity index (χ1) is 20.5. The van der Waals surface area contributed by atoms with Crippen molar-refractivity contribution in [3.05, 3.63) is 58.1 Å². The van der Waals surface area contributed by atoms with Crippen LogP contribution in [0.25, 0.3) is 0 Å². The summed E-state index contributed by atoms with van der Waals surface area (Å²) in [6, 6.07) is 11.5. The van der Waals surface area contributed by atoms with Gasteiger partial charge in [0.15, 0.2) is 0 Å². The van der Waals surface area contributed by atoms with Gasteiger partial charge in [0.2, 0.25) is 10.0 Å². The SMILES string of the molecule is CC(O)C1CCC[C@H](C)[C@@H](C)S(=O)(=O)NC(=O)c2ccc3c(c2)N(C[C@@H]2CC[C@@H]12)C[C@@]1(CCCc2cc(Cl)ccc21)CO3. The van der Waals surface area contributed by atoms with Gasteiger partial charge >= 0.3 is 0 Å². The van der Waals surface area contributed by atoms with E-state index in [0.717, 1.165) is 75.2 Å². The third-order valence-corrected chi connectivity index (χ3v) is 13.3. The van der Waals surface area contributed by atoms with Gasteiger partial charge in [-0.15, -0.1) is 0 Å². The molecule has 2 N–H and O–H groups in total. The van der Waals surface area contributed by atoms with E-state index in [1.807, 2.05) is 32.0 Å². The number of amides is 1. The third-order valence-electron chi connectivity index (χ3n) is 11.1. The lowest BCUT2D eigenvalue weighted by atomic mass is 9.64. The summed E-state index contributed by atoms with van der Waals surface area (Å²) in [5.74, 6) is 0.968. The maximum absolute atomic E-state index is 13.4. The predicted octanol–water partition coefficient (Wildman–Crippen LogP) is 6.10. The predicted molar refractivity (Wildman–Crippen MR) is 170 cm³/mol. The van der Waals surface area contributed by atoms with E-state index >= 15 is 0 Å². The van der Waals surface area contributed by atoms with Crippen molar-refractivity contribution in [1.82, 2.24) is 4.72 Å². The van der Waals surface area contributed by atoms with E-state index in [1.54, 1.807) is 13.0 Å². The first-order valence-electron chi connectivity index (χ1n) is 16.0. The zero-order chi connectivity index (χ0) is 30.5. The van der Waals surface area contributed by atoms with Crippen LogP contribution in [0.5, 0.6) is 5.75 Å². The molecule has 234 valence electrons. The largest absolute Gasteiger partial charge is 0.490 e. The molecule has 2 unspecified atom stereocenters. The van der Waals surface area contributed by atoms with Gasteiger partial charge in [-0.3, -0.25) is 4.79 Å². The van der Waals surface area contributed by atoms with Crippen molar-refractivity contribution < 1.29 is 23.1 Å². The van der Waals surface area contributed by atoms with Crippen molar-refractivity contribution in [3.63, 3.8) is 0 Å². The van der Waals surface area contributed by atoms with Crippen molar-refractivity contribution in [2.75, 3.05) is 24.6 Å². The number of carbonyl (C=O) groups is 1. The summed E-state index contributed by atoms with van der Waals surface area (Å²) in [4.78, 5) is 15.8. The highest BCUT2D eigenvalue weighted by Crippen LogP contribution is 2.48. The van der Waals surface area contributed by atoms with Gasteiger partial charge in [-0.2, -0.15) is 0 Å². The number of hydrogen-bond acceptors (Lipinski definition) is 6. The van der Waals surface area contributed by atoms with Crippen molar-refractivity contribution in [2.45, 2.75) is 88.9 Å². The van der Waals surface area contributed by atoms with Gasteiger partial charge in [0.1, 0.15) is 5.75 Å². The molecule has 2 aliphatic carbocycles. The maximum Gasteiger partial charge on any atom is 0.264 e. The van der Waals surface area contributed by atoms with Gasteiger partial charge in [0.25, 0.3) is 5.91 Å². The summed E-state index contributed by atoms with van der Waals surface area (Å²) in [6.45, 7) is 7.57. The number of nitrogens with zero attached hydrogens (tertiary/aromatic N) is 1. The van der Waals surface area contributed by atoms with Gasteiger partial charge in [-0.05, 0) is 124 Å². The number of sulfonamides is 1. The number of benzene rings is 2. The molecular weight excluding hydrogens is 584 g/mol. The van der Waals surface area contributed by atoms with Gasteiger partial charge < -0.3 is 14.7 Å². The van der Waals surface area contributed by atoms with E-state index in [9.17, 15) is 18.3 Å². The van der Waals surface area contributed by atoms with Crippen molar-refractivity contribution in [2.24, 2.45) is 23.7 Å². The number of halogens is 1. The minimum Gasteiger partial charge on any atom is -0.490 e. The Balaban J connectivity index is 1.42. The topological polar surface area (TPSA) is 95.9 Å². The number of anilines is 1. The fraction of sp³-hybridized carbons (Fsp3) is 0.618. The van der Waals surface area contributed by atoms with Crippen molar-refractivity contribution >= 4 is 33.2 Å². The number of aliphatic hydroxyl groups excluding tert-OH is 1. The molecule has 2 heterocycles. The minimum absolute atomic E-state index is 0.120. The Morgan fingerprint density at radius 3 is 2.65 bits per heavy atom. The second kappa shape index (κ2) is 11.9. The highest BCUT2D eigenvalue weighted by molar-refractivity contribution is 7.90. The fourth-order valence-corrected chi connectivity index (χ4v) is 9.74. The minimum atomic E-state index is -3.88. The van der Waals surface area contributed by atoms with Crippen LogP contribution in [0.1, 0.15) is 87.2 Å². The number of hydrogen-bond donors (Lipinski definition) is 2. The highest BCUT2D eigenvalue weighted by atomic mass is 35.5. The quantitative estimate of drug-likeness (QED) is 0.396. The number of ether oxygens (including phenoxy) is 1. The Morgan fingerprint density at radius 1 is 1.09 bits per heavy atom. The molecule has 4 aliphatic rings. The van der Waals surface area contributed by atoms with Crippen molar-refractivity contribution in [1.29, 1.82) is 0 Å². The molecule has 0 saturated heterocycles. The molecule has 1 spiro atoms. The summed E-state index contributed by atoms with van der Waals surface area (Å²) in [5, 5.41) is 10.9. The van der Waals surface area contributed by atoms with E-state index in [4.69, 9.17) is 16.3 Å². The second-order valence-electron chi connectivity index (χ2n) is 13.8. The molecule has 43 heavy (non-hydrogen) atoms. The molecule has 1 saturated carbocycles. The van der Waals surface area contributed by atoms with E-state index in [-0.39, 0.29) is 17.3 Å². The molecule has 9 heteroatoms. The normalized spacial score (nSPS) is 33.2. The molecule has 0 aromatic heterocycles. The molecular formula is C34H45ClN2O5S. The van der Waals surface area contributed by atoms with Gasteiger partial charge in [-0.25, -0.2) is 13.1 Å². The van der Waals surface area contributed by atoms with Crippen LogP contribution in [0.15, 0.2) is 36.4 Å². The lowest BCUT2D eigenvalue weighted by Crippen LogP contribution is -2.49. The number of carbonyl (C=O) groups excluding carboxylic acids is 1. The summed E-state index contributed by atoms with van der Waals surface area (Å²) in [7, 11) is -3.88. The maximum atomic E-state index is 13.4. The Kier molecular flexibility index (Phi) is 8.50. The molecule has 2 aromatic rings. The summed E-state index contributed by atoms with van der Waals surface area (Å²) < 4.78 is 35.5. The molecule has 7 nitrogen and oxygen atoms in total. The first kappa shape index (κ1) is 30.7. The average Bonchev–Trinajstić information content (AvgIpc) is 3.10. The molecule has 1 fully saturated rings. The van der Waals surface area contributed by atoms with Gasteiger partial charge in [-0.1, -0.05) is 31.0 Å². The zero-order valence-electron chi connectivity index (χ0n) is 25.5. The van der Waals surface area contributed by atoms with Crippen LogP contribution in [0.2, 0.25) is 5.02 Å². The first-order valence-corrected chi connectivity index (χ1v) is 17.9. The summed E-state index contributed by atoms with van der Waals surface area (Å²) >= 11 is 6.41. The van der Waals surface area contributed by atoms with Crippen LogP contribution in [-0.2, 0) is 21.9 Å². The van der Waals surface area contributed by atoms with Crippen LogP contribution in [0, 0.1) is 23.7 Å². The third kappa shape index (κ3) is 5.91. The molecule has 2 aromatic carbocycles. The Hall–Kier alpha value is -2.29. The van der Waals surface area contributed by atoms with Crippen LogP contribution in [0.4, 0.5) is 5.69 Å². The van der Waals surface area contributed by atoms with E-state index in [1.165, 1.54) is 11.1 Å². The van der Waals surface area contributed by atoms with Crippen LogP contribution in [0.3, 0.4) is 0 Å². The molecule has 7 atom stereocenters. The number of aliphatic hydroxyl groups is 1. The molecule has 0 radical (unpaired) electrons. The van der Waals surface area contributed by atoms with Crippen LogP contribution in [-0.4, -0.2) is 50.5 Å². The molecule has 2 bridgehead atoms. The fourth-order valence-electron chi connectivity index (χ4n) is 8.23. The molecule has 1 amide bonds. The highest BCUT2D eigenvalue weighted by Gasteiger charge is 2.45. The number of nitrogens with one attached hydrogen (secondary N) is 1. The van der Waals surface area contributed by atoms with E-state index in [2.05, 4.69) is 21.8 Å². The zero-order valence-corrected chi connectivity index (χ0v) is 27.1. The Bertz CT molecular complexity index is 1480. The molecule has 6 rings (SSSR count). The van der Waals surface area contributed by atoms with Gasteiger partial charge in [0.05, 0.1) is 23.6 Å². The smallest absolute Gasteiger partial charge is 0.264 e. The average molecular weight is 629 g/mol. The molecule has 2 aliphatic heterocycles. The lowest BCUT2D eigenvalue weighted by molar-refractivity contribution is 0.0112. The van der Waals surface area contributed by atoms with Crippen LogP contribution >= 0.6 is 11.6 Å². The number of fused-ring (bicyclic) bond motifs is 4. The van der Waals surface area contributed by atoms with E-state index in [0.29, 0.717) is 29.8 Å².